The van der Waals surface area contributed by atoms with Gasteiger partial charge in [-0.05, 0) is 69.9 Å². The summed E-state index contributed by atoms with van der Waals surface area (Å²) in [5.41, 5.74) is 3.94. The molecule has 0 N–H and O–H groups in total. The Bertz CT molecular complexity index is 868. The quantitative estimate of drug-likeness (QED) is 0.134. The Labute approximate surface area is 198 Å². The van der Waals surface area contributed by atoms with Crippen LogP contribution in [0.25, 0.3) is 0 Å². The highest BCUT2D eigenvalue weighted by Gasteiger charge is 2.07. The zero-order valence-electron chi connectivity index (χ0n) is 20.7. The molecule has 0 saturated carbocycles. The number of unbranched alkanes of at least 4 members (excludes halogenated alkanes) is 4. The van der Waals surface area contributed by atoms with Crippen molar-refractivity contribution in [2.45, 2.75) is 59.8 Å². The summed E-state index contributed by atoms with van der Waals surface area (Å²) in [7, 11) is 1.53. The van der Waals surface area contributed by atoms with Gasteiger partial charge in [0.15, 0.2) is 0 Å². The van der Waals surface area contributed by atoms with E-state index in [1.165, 1.54) is 13.5 Å². The number of allylic oxidation sites excluding steroid dienone is 1. The number of ether oxygens (including phenoxy) is 3. The number of rotatable bonds is 15. The van der Waals surface area contributed by atoms with Gasteiger partial charge in [0.25, 0.3) is 0 Å². The maximum Gasteiger partial charge on any atom is 0.213 e. The summed E-state index contributed by atoms with van der Waals surface area (Å²) in [4.78, 5) is 9.10. The minimum Gasteiger partial charge on any atom is -0.493 e. The Morgan fingerprint density at radius 3 is 2.21 bits per heavy atom. The molecule has 33 heavy (non-hydrogen) atoms. The van der Waals surface area contributed by atoms with Gasteiger partial charge in [0, 0.05) is 17.8 Å². The van der Waals surface area contributed by atoms with Gasteiger partial charge in [-0.3, -0.25) is 0 Å². The fraction of sp³-hybridized carbons (Fsp3) is 0.481. The van der Waals surface area contributed by atoms with Gasteiger partial charge in [0.1, 0.15) is 25.2 Å². The van der Waals surface area contributed by atoms with E-state index in [9.17, 15) is 0 Å². The molecule has 6 heteroatoms. The molecule has 6 nitrogen and oxygen atoms in total. The van der Waals surface area contributed by atoms with Crippen LogP contribution in [0.15, 0.2) is 47.8 Å². The Morgan fingerprint density at radius 2 is 1.61 bits per heavy atom. The lowest BCUT2D eigenvalue weighted by Gasteiger charge is -2.14. The Morgan fingerprint density at radius 1 is 0.939 bits per heavy atom. The van der Waals surface area contributed by atoms with Crippen molar-refractivity contribution in [3.05, 3.63) is 59.3 Å². The van der Waals surface area contributed by atoms with Crippen molar-refractivity contribution in [2.75, 3.05) is 26.9 Å². The normalized spacial score (nSPS) is 11.6. The lowest BCUT2D eigenvalue weighted by molar-refractivity contribution is 0.213. The first-order valence-corrected chi connectivity index (χ1v) is 11.7. The second-order valence-corrected chi connectivity index (χ2v) is 7.98. The van der Waals surface area contributed by atoms with Crippen LogP contribution >= 0.6 is 0 Å². The smallest absolute Gasteiger partial charge is 0.213 e. The molecule has 2 aromatic rings. The molecule has 0 aliphatic heterocycles. The third kappa shape index (κ3) is 9.56. The minimum atomic E-state index is 0.591. The number of pyridine rings is 1. The van der Waals surface area contributed by atoms with E-state index in [1.54, 1.807) is 6.20 Å². The molecule has 2 rings (SSSR count). The van der Waals surface area contributed by atoms with Gasteiger partial charge in [-0.15, -0.1) is 0 Å². The number of aromatic nitrogens is 1. The third-order valence-electron chi connectivity index (χ3n) is 5.18. The fourth-order valence-electron chi connectivity index (χ4n) is 3.42. The van der Waals surface area contributed by atoms with Crippen LogP contribution in [0.3, 0.4) is 0 Å². The molecule has 0 atom stereocenters. The van der Waals surface area contributed by atoms with Crippen molar-refractivity contribution < 1.29 is 19.0 Å². The number of hydrogen-bond donors (Lipinski definition) is 0. The van der Waals surface area contributed by atoms with Gasteiger partial charge >= 0.3 is 0 Å². The number of aryl methyl sites for hydroxylation is 2. The van der Waals surface area contributed by atoms with Crippen LogP contribution in [0.1, 0.15) is 62.6 Å². The number of benzene rings is 1. The van der Waals surface area contributed by atoms with E-state index >= 15 is 0 Å². The third-order valence-corrected chi connectivity index (χ3v) is 5.18. The van der Waals surface area contributed by atoms with Crippen LogP contribution in [0.2, 0.25) is 0 Å². The van der Waals surface area contributed by atoms with E-state index in [1.807, 2.05) is 50.3 Å². The van der Waals surface area contributed by atoms with E-state index in [-0.39, 0.29) is 0 Å². The topological polar surface area (TPSA) is 62.2 Å². The molecule has 0 aliphatic carbocycles. The lowest BCUT2D eigenvalue weighted by atomic mass is 10.1. The van der Waals surface area contributed by atoms with Gasteiger partial charge in [-0.2, -0.15) is 0 Å². The molecule has 1 heterocycles. The first-order valence-electron chi connectivity index (χ1n) is 11.7. The second kappa shape index (κ2) is 14.9. The second-order valence-electron chi connectivity index (χ2n) is 7.98. The fourth-order valence-corrected chi connectivity index (χ4v) is 3.42. The average Bonchev–Trinajstić information content (AvgIpc) is 2.80. The largest absolute Gasteiger partial charge is 0.493 e. The van der Waals surface area contributed by atoms with Crippen LogP contribution in [0.4, 0.5) is 0 Å². The van der Waals surface area contributed by atoms with Gasteiger partial charge in [-0.25, -0.2) is 4.98 Å². The molecule has 0 spiro atoms. The van der Waals surface area contributed by atoms with Gasteiger partial charge in [0.2, 0.25) is 5.88 Å². The minimum absolute atomic E-state index is 0.591. The number of hydrogen-bond acceptors (Lipinski definition) is 6. The monoisotopic (exact) mass is 454 g/mol. The van der Waals surface area contributed by atoms with Crippen molar-refractivity contribution in [3.8, 4) is 17.4 Å². The van der Waals surface area contributed by atoms with E-state index in [4.69, 9.17) is 19.0 Å². The zero-order chi connectivity index (χ0) is 23.9. The highest BCUT2D eigenvalue weighted by molar-refractivity contribution is 5.98. The molecule has 180 valence electrons. The predicted molar refractivity (Wildman–Crippen MR) is 134 cm³/mol. The first-order chi connectivity index (χ1) is 16.0. The summed E-state index contributed by atoms with van der Waals surface area (Å²) >= 11 is 0. The Hall–Kier alpha value is -3.02. The maximum absolute atomic E-state index is 6.06. The van der Waals surface area contributed by atoms with Gasteiger partial charge < -0.3 is 19.0 Å². The summed E-state index contributed by atoms with van der Waals surface area (Å²) < 4.78 is 17.5. The number of oxime groups is 1. The SMILES string of the molecule is C/C=C/COc1cc(C)c(OCCCCCCCOc2ccc(C(C)=NOC)cn2)c(C)c1. The summed E-state index contributed by atoms with van der Waals surface area (Å²) in [6.45, 7) is 10.0. The molecule has 1 aromatic heterocycles. The first kappa shape index (κ1) is 26.2. The van der Waals surface area contributed by atoms with Crippen LogP contribution in [0, 0.1) is 13.8 Å². The summed E-state index contributed by atoms with van der Waals surface area (Å²) in [5, 5.41) is 3.90. The highest BCUT2D eigenvalue weighted by Crippen LogP contribution is 2.28. The molecule has 0 unspecified atom stereocenters. The molecule has 0 fully saturated rings. The molecule has 1 aromatic carbocycles. The van der Waals surface area contributed by atoms with Crippen LogP contribution in [-0.2, 0) is 4.84 Å². The molecule has 0 amide bonds. The standard InChI is InChI=1S/C27H38N2O4/c1-6-7-15-31-25-18-21(2)27(22(3)19-25)33-17-12-10-8-9-11-16-32-26-14-13-24(20-28-26)23(4)29-30-5/h6-7,13-14,18-20H,8-12,15-17H2,1-5H3/b7-6+,29-23?. The molecule has 0 aliphatic rings. The van der Waals surface area contributed by atoms with E-state index in [0.29, 0.717) is 19.1 Å². The molecular formula is C27H38N2O4. The van der Waals surface area contributed by atoms with E-state index in [2.05, 4.69) is 24.0 Å². The predicted octanol–water partition coefficient (Wildman–Crippen LogP) is 6.43. The lowest BCUT2D eigenvalue weighted by Crippen LogP contribution is -2.03. The molecular weight excluding hydrogens is 416 g/mol. The molecule has 0 saturated heterocycles. The van der Waals surface area contributed by atoms with Gasteiger partial charge in [-0.1, -0.05) is 36.6 Å². The maximum atomic E-state index is 6.06. The summed E-state index contributed by atoms with van der Waals surface area (Å²) in [5.74, 6) is 2.50. The van der Waals surface area contributed by atoms with Crippen molar-refractivity contribution in [1.82, 2.24) is 4.98 Å². The van der Waals surface area contributed by atoms with Crippen LogP contribution in [-0.4, -0.2) is 37.6 Å². The molecule has 0 bridgehead atoms. The highest BCUT2D eigenvalue weighted by atomic mass is 16.6. The Kier molecular flexibility index (Phi) is 11.9. The van der Waals surface area contributed by atoms with Crippen LogP contribution < -0.4 is 14.2 Å². The van der Waals surface area contributed by atoms with Crippen molar-refractivity contribution in [3.63, 3.8) is 0 Å². The Balaban J connectivity index is 1.58. The van der Waals surface area contributed by atoms with Crippen molar-refractivity contribution >= 4 is 5.71 Å². The zero-order valence-corrected chi connectivity index (χ0v) is 20.7. The van der Waals surface area contributed by atoms with Crippen molar-refractivity contribution in [1.29, 1.82) is 0 Å². The van der Waals surface area contributed by atoms with E-state index in [0.717, 1.165) is 66.2 Å². The van der Waals surface area contributed by atoms with Crippen LogP contribution in [0.5, 0.6) is 17.4 Å². The van der Waals surface area contributed by atoms with E-state index < -0.39 is 0 Å². The molecule has 0 radical (unpaired) electrons. The summed E-state index contributed by atoms with van der Waals surface area (Å²) in [6.07, 6.45) is 11.2. The number of nitrogens with zero attached hydrogens (tertiary/aromatic N) is 2. The average molecular weight is 455 g/mol. The van der Waals surface area contributed by atoms with Crippen molar-refractivity contribution in [2.24, 2.45) is 5.16 Å². The summed E-state index contributed by atoms with van der Waals surface area (Å²) in [6, 6.07) is 7.89. The van der Waals surface area contributed by atoms with Gasteiger partial charge in [0.05, 0.1) is 18.9 Å².